The third kappa shape index (κ3) is 2.57. The van der Waals surface area contributed by atoms with Crippen molar-refractivity contribution in [3.8, 4) is 0 Å². The van der Waals surface area contributed by atoms with Gasteiger partial charge < -0.3 is 9.73 Å². The summed E-state index contributed by atoms with van der Waals surface area (Å²) in [5.74, 6) is 0.879. The van der Waals surface area contributed by atoms with Gasteiger partial charge in [0.15, 0.2) is 5.58 Å². The first-order valence-electron chi connectivity index (χ1n) is 7.02. The lowest BCUT2D eigenvalue weighted by molar-refractivity contribution is 0.491. The van der Waals surface area contributed by atoms with E-state index in [0.29, 0.717) is 5.02 Å². The van der Waals surface area contributed by atoms with Crippen LogP contribution in [0, 0.1) is 13.8 Å². The molecule has 0 bridgehead atoms. The molecule has 0 aliphatic carbocycles. The molecule has 3 aromatic rings. The van der Waals surface area contributed by atoms with Crippen molar-refractivity contribution in [2.75, 3.05) is 7.05 Å². The Kier molecular flexibility index (Phi) is 3.75. The highest BCUT2D eigenvalue weighted by Gasteiger charge is 2.18. The van der Waals surface area contributed by atoms with Crippen LogP contribution in [0.4, 0.5) is 0 Å². The van der Waals surface area contributed by atoms with Gasteiger partial charge in [0.05, 0.1) is 11.1 Å². The molecule has 0 saturated heterocycles. The van der Waals surface area contributed by atoms with Crippen LogP contribution in [0.5, 0.6) is 0 Å². The highest BCUT2D eigenvalue weighted by atomic mass is 35.5. The predicted molar refractivity (Wildman–Crippen MR) is 88.0 cm³/mol. The molecule has 1 atom stereocenters. The number of rotatable bonds is 3. The average Bonchev–Trinajstić information content (AvgIpc) is 2.89. The third-order valence-corrected chi connectivity index (χ3v) is 4.25. The van der Waals surface area contributed by atoms with E-state index in [-0.39, 0.29) is 6.04 Å². The van der Waals surface area contributed by atoms with Crippen molar-refractivity contribution in [2.45, 2.75) is 19.9 Å². The zero-order chi connectivity index (χ0) is 15.0. The molecular formula is C18H18ClNO. The Morgan fingerprint density at radius 3 is 2.52 bits per heavy atom. The monoisotopic (exact) mass is 299 g/mol. The molecule has 0 spiro atoms. The minimum atomic E-state index is 0.0211. The molecule has 108 valence electrons. The summed E-state index contributed by atoms with van der Waals surface area (Å²) < 4.78 is 5.98. The van der Waals surface area contributed by atoms with Gasteiger partial charge in [0.25, 0.3) is 0 Å². The smallest absolute Gasteiger partial charge is 0.152 e. The molecule has 21 heavy (non-hydrogen) atoms. The molecular weight excluding hydrogens is 282 g/mol. The Balaban J connectivity index is 2.09. The molecule has 0 amide bonds. The summed E-state index contributed by atoms with van der Waals surface area (Å²) in [6.45, 7) is 4.25. The van der Waals surface area contributed by atoms with E-state index in [1.165, 1.54) is 16.7 Å². The number of benzene rings is 2. The molecule has 1 N–H and O–H groups in total. The van der Waals surface area contributed by atoms with Crippen molar-refractivity contribution >= 4 is 22.6 Å². The van der Waals surface area contributed by atoms with Gasteiger partial charge in [0.1, 0.15) is 5.76 Å². The molecule has 2 nitrogen and oxygen atoms in total. The first kappa shape index (κ1) is 14.2. The highest BCUT2D eigenvalue weighted by molar-refractivity contribution is 6.34. The van der Waals surface area contributed by atoms with E-state index < -0.39 is 0 Å². The molecule has 1 heterocycles. The van der Waals surface area contributed by atoms with Gasteiger partial charge in [-0.3, -0.25) is 0 Å². The number of hydrogen-bond acceptors (Lipinski definition) is 2. The van der Waals surface area contributed by atoms with Gasteiger partial charge in [-0.05, 0) is 49.7 Å². The summed E-state index contributed by atoms with van der Waals surface area (Å²) in [7, 11) is 1.94. The van der Waals surface area contributed by atoms with Crippen LogP contribution < -0.4 is 5.32 Å². The zero-order valence-electron chi connectivity index (χ0n) is 12.4. The molecule has 0 aliphatic heterocycles. The maximum absolute atomic E-state index is 6.20. The Morgan fingerprint density at radius 1 is 1.05 bits per heavy atom. The van der Waals surface area contributed by atoms with E-state index in [1.807, 2.05) is 25.2 Å². The second-order valence-electron chi connectivity index (χ2n) is 5.37. The SMILES string of the molecule is CNC(c1ccc(C)c(C)c1)c1cc2cccc(Cl)c2o1. The van der Waals surface area contributed by atoms with Gasteiger partial charge in [-0.15, -0.1) is 0 Å². The maximum Gasteiger partial charge on any atom is 0.152 e. The zero-order valence-corrected chi connectivity index (χ0v) is 13.2. The summed E-state index contributed by atoms with van der Waals surface area (Å²) in [5, 5.41) is 5.00. The van der Waals surface area contributed by atoms with Gasteiger partial charge in [-0.25, -0.2) is 0 Å². The Labute approximate surface area is 129 Å². The van der Waals surface area contributed by atoms with Gasteiger partial charge >= 0.3 is 0 Å². The van der Waals surface area contributed by atoms with E-state index in [2.05, 4.69) is 43.4 Å². The number of nitrogens with one attached hydrogen (secondary N) is 1. The van der Waals surface area contributed by atoms with E-state index in [9.17, 15) is 0 Å². The molecule has 1 aromatic heterocycles. The summed E-state index contributed by atoms with van der Waals surface area (Å²) in [4.78, 5) is 0. The van der Waals surface area contributed by atoms with Crippen molar-refractivity contribution < 1.29 is 4.42 Å². The Hall–Kier alpha value is -1.77. The molecule has 3 rings (SSSR count). The lowest BCUT2D eigenvalue weighted by Crippen LogP contribution is -2.17. The fourth-order valence-electron chi connectivity index (χ4n) is 2.61. The van der Waals surface area contributed by atoms with Crippen LogP contribution in [-0.4, -0.2) is 7.05 Å². The van der Waals surface area contributed by atoms with Crippen LogP contribution in [0.3, 0.4) is 0 Å². The largest absolute Gasteiger partial charge is 0.457 e. The second-order valence-corrected chi connectivity index (χ2v) is 5.78. The van der Waals surface area contributed by atoms with Crippen molar-refractivity contribution in [3.05, 3.63) is 69.9 Å². The van der Waals surface area contributed by atoms with Crippen LogP contribution in [0.1, 0.15) is 28.5 Å². The van der Waals surface area contributed by atoms with Gasteiger partial charge in [0.2, 0.25) is 0 Å². The fourth-order valence-corrected chi connectivity index (χ4v) is 2.83. The topological polar surface area (TPSA) is 25.2 Å². The second kappa shape index (κ2) is 5.55. The summed E-state index contributed by atoms with van der Waals surface area (Å²) in [5.41, 5.74) is 4.51. The molecule has 0 aliphatic rings. The molecule has 0 saturated carbocycles. The van der Waals surface area contributed by atoms with Crippen LogP contribution in [-0.2, 0) is 0 Å². The first-order valence-corrected chi connectivity index (χ1v) is 7.40. The van der Waals surface area contributed by atoms with E-state index in [1.54, 1.807) is 0 Å². The predicted octanol–water partition coefficient (Wildman–Crippen LogP) is 5.01. The lowest BCUT2D eigenvalue weighted by Gasteiger charge is -2.15. The Morgan fingerprint density at radius 2 is 1.86 bits per heavy atom. The molecule has 0 fully saturated rings. The number of halogens is 1. The van der Waals surface area contributed by atoms with Gasteiger partial charge in [-0.2, -0.15) is 0 Å². The van der Waals surface area contributed by atoms with E-state index in [4.69, 9.17) is 16.0 Å². The summed E-state index contributed by atoms with van der Waals surface area (Å²) in [6, 6.07) is 14.4. The molecule has 1 unspecified atom stereocenters. The normalized spacial score (nSPS) is 12.8. The number of hydrogen-bond donors (Lipinski definition) is 1. The minimum absolute atomic E-state index is 0.0211. The van der Waals surface area contributed by atoms with E-state index >= 15 is 0 Å². The van der Waals surface area contributed by atoms with Crippen molar-refractivity contribution in [3.63, 3.8) is 0 Å². The fraction of sp³-hybridized carbons (Fsp3) is 0.222. The van der Waals surface area contributed by atoms with Crippen molar-refractivity contribution in [1.29, 1.82) is 0 Å². The summed E-state index contributed by atoms with van der Waals surface area (Å²) >= 11 is 6.20. The summed E-state index contributed by atoms with van der Waals surface area (Å²) in [6.07, 6.45) is 0. The van der Waals surface area contributed by atoms with Crippen molar-refractivity contribution in [2.24, 2.45) is 0 Å². The average molecular weight is 300 g/mol. The molecule has 0 radical (unpaired) electrons. The third-order valence-electron chi connectivity index (χ3n) is 3.95. The van der Waals surface area contributed by atoms with Crippen LogP contribution >= 0.6 is 11.6 Å². The number of furan rings is 1. The van der Waals surface area contributed by atoms with Crippen LogP contribution in [0.15, 0.2) is 46.9 Å². The van der Waals surface area contributed by atoms with Gasteiger partial charge in [-0.1, -0.05) is 41.9 Å². The number of para-hydroxylation sites is 1. The first-order chi connectivity index (χ1) is 10.1. The number of fused-ring (bicyclic) bond motifs is 1. The highest BCUT2D eigenvalue weighted by Crippen LogP contribution is 2.32. The molecule has 2 aromatic carbocycles. The number of aryl methyl sites for hydroxylation is 2. The van der Waals surface area contributed by atoms with E-state index in [0.717, 1.165) is 16.7 Å². The standard InChI is InChI=1S/C18H18ClNO/c1-11-7-8-13(9-12(11)2)17(20-3)16-10-14-5-4-6-15(19)18(14)21-16/h4-10,17,20H,1-3H3. The maximum atomic E-state index is 6.20. The minimum Gasteiger partial charge on any atom is -0.457 e. The molecule has 3 heteroatoms. The Bertz CT molecular complexity index is 791. The van der Waals surface area contributed by atoms with Gasteiger partial charge in [0, 0.05) is 5.39 Å². The van der Waals surface area contributed by atoms with Crippen molar-refractivity contribution in [1.82, 2.24) is 5.32 Å². The van der Waals surface area contributed by atoms with Crippen LogP contribution in [0.25, 0.3) is 11.0 Å². The lowest BCUT2D eigenvalue weighted by atomic mass is 9.99. The van der Waals surface area contributed by atoms with Crippen LogP contribution in [0.2, 0.25) is 5.02 Å². The quantitative estimate of drug-likeness (QED) is 0.735.